The van der Waals surface area contributed by atoms with E-state index < -0.39 is 17.7 Å². The van der Waals surface area contributed by atoms with Crippen molar-refractivity contribution in [1.82, 2.24) is 19.9 Å². The molecule has 0 spiro atoms. The highest BCUT2D eigenvalue weighted by Gasteiger charge is 2.36. The van der Waals surface area contributed by atoms with Gasteiger partial charge in [-0.2, -0.15) is 13.2 Å². The number of nitrogens with zero attached hydrogens (tertiary/aromatic N) is 3. The minimum absolute atomic E-state index is 0. The Balaban J connectivity index is 0.00000240. The summed E-state index contributed by atoms with van der Waals surface area (Å²) in [4.78, 5) is 3.85. The number of rotatable bonds is 4. The van der Waals surface area contributed by atoms with E-state index in [1.165, 1.54) is 24.3 Å². The number of anilines is 2. The van der Waals surface area contributed by atoms with Gasteiger partial charge in [-0.1, -0.05) is 6.07 Å². The number of fused-ring (bicyclic) bond motifs is 1. The van der Waals surface area contributed by atoms with Crippen LogP contribution in [0.25, 0.3) is 5.65 Å². The molecule has 4 rings (SSSR count). The monoisotopic (exact) mass is 431 g/mol. The molecule has 0 aliphatic carbocycles. The standard InChI is InChI=1S/C18H17F4N5O.ClH/c19-11-3-1-4-12(7-11)25-14-8-16(28-13-5-2-6-23-9-13)26-27-15(18(20,21)22)10-24-17(14)27;/h1,3-4,7-8,10,13,23,25H,2,5-6,9H2;1H. The lowest BCUT2D eigenvalue weighted by Crippen LogP contribution is -2.37. The van der Waals surface area contributed by atoms with Gasteiger partial charge in [0, 0.05) is 18.3 Å². The lowest BCUT2D eigenvalue weighted by molar-refractivity contribution is -0.142. The van der Waals surface area contributed by atoms with E-state index >= 15 is 0 Å². The van der Waals surface area contributed by atoms with Crippen LogP contribution in [0, 0.1) is 5.82 Å². The molecule has 2 N–H and O–H groups in total. The molecule has 29 heavy (non-hydrogen) atoms. The summed E-state index contributed by atoms with van der Waals surface area (Å²) in [6, 6.07) is 7.07. The van der Waals surface area contributed by atoms with Crippen LogP contribution in [0.1, 0.15) is 18.5 Å². The Bertz CT molecular complexity index is 988. The first kappa shape index (κ1) is 21.1. The number of piperidine rings is 1. The first-order valence-electron chi connectivity index (χ1n) is 8.76. The second-order valence-electron chi connectivity index (χ2n) is 6.49. The Hall–Kier alpha value is -2.59. The van der Waals surface area contributed by atoms with Crippen molar-refractivity contribution < 1.29 is 22.3 Å². The Morgan fingerprint density at radius 1 is 1.24 bits per heavy atom. The van der Waals surface area contributed by atoms with E-state index in [0.29, 0.717) is 22.9 Å². The van der Waals surface area contributed by atoms with Gasteiger partial charge in [0.25, 0.3) is 0 Å². The summed E-state index contributed by atoms with van der Waals surface area (Å²) < 4.78 is 60.0. The number of halogens is 5. The minimum atomic E-state index is -4.63. The molecule has 3 aromatic rings. The molecular formula is C18H18ClF4N5O. The van der Waals surface area contributed by atoms with E-state index in [-0.39, 0.29) is 35.7 Å². The average Bonchev–Trinajstić information content (AvgIpc) is 3.07. The third kappa shape index (κ3) is 4.70. The van der Waals surface area contributed by atoms with Gasteiger partial charge in [-0.05, 0) is 37.6 Å². The Kier molecular flexibility index (Phi) is 6.13. The fraction of sp³-hybridized carbons (Fsp3) is 0.333. The van der Waals surface area contributed by atoms with E-state index in [1.54, 1.807) is 6.07 Å². The van der Waals surface area contributed by atoms with E-state index in [0.717, 1.165) is 19.4 Å². The fourth-order valence-electron chi connectivity index (χ4n) is 3.10. The van der Waals surface area contributed by atoms with Gasteiger partial charge in [-0.15, -0.1) is 17.5 Å². The van der Waals surface area contributed by atoms with Crippen molar-refractivity contribution in [3.8, 4) is 5.88 Å². The van der Waals surface area contributed by atoms with Crippen LogP contribution in [-0.2, 0) is 6.18 Å². The van der Waals surface area contributed by atoms with Gasteiger partial charge in [0.05, 0.1) is 11.9 Å². The number of hydrogen-bond acceptors (Lipinski definition) is 5. The highest BCUT2D eigenvalue weighted by molar-refractivity contribution is 5.85. The quantitative estimate of drug-likeness (QED) is 0.607. The molecule has 1 aliphatic heterocycles. The summed E-state index contributed by atoms with van der Waals surface area (Å²) in [7, 11) is 0. The minimum Gasteiger partial charge on any atom is -0.472 e. The second-order valence-corrected chi connectivity index (χ2v) is 6.49. The van der Waals surface area contributed by atoms with Crippen LogP contribution in [-0.4, -0.2) is 33.8 Å². The van der Waals surface area contributed by atoms with Gasteiger partial charge < -0.3 is 15.4 Å². The second kappa shape index (κ2) is 8.42. The Labute approximate surface area is 169 Å². The number of aromatic nitrogens is 3. The van der Waals surface area contributed by atoms with E-state index in [9.17, 15) is 17.6 Å². The lowest BCUT2D eigenvalue weighted by Gasteiger charge is -2.23. The van der Waals surface area contributed by atoms with Gasteiger partial charge in [-0.3, -0.25) is 0 Å². The molecular weight excluding hydrogens is 414 g/mol. The van der Waals surface area contributed by atoms with Crippen LogP contribution in [0.2, 0.25) is 0 Å². The molecule has 3 heterocycles. The SMILES string of the molecule is Cl.Fc1cccc(Nc2cc(OC3CCCNC3)nn3c(C(F)(F)F)cnc23)c1. The average molecular weight is 432 g/mol. The summed E-state index contributed by atoms with van der Waals surface area (Å²) in [6.45, 7) is 1.46. The van der Waals surface area contributed by atoms with Crippen LogP contribution < -0.4 is 15.4 Å². The maximum atomic E-state index is 13.5. The number of alkyl halides is 3. The molecule has 1 atom stereocenters. The zero-order valence-electron chi connectivity index (χ0n) is 15.0. The van der Waals surface area contributed by atoms with Crippen LogP contribution in [0.3, 0.4) is 0 Å². The highest BCUT2D eigenvalue weighted by Crippen LogP contribution is 2.33. The molecule has 0 saturated carbocycles. The molecule has 6 nitrogen and oxygen atoms in total. The first-order valence-corrected chi connectivity index (χ1v) is 8.76. The number of benzene rings is 1. The molecule has 1 unspecified atom stereocenters. The number of imidazole rings is 1. The summed E-state index contributed by atoms with van der Waals surface area (Å²) in [5.41, 5.74) is -0.451. The van der Waals surface area contributed by atoms with E-state index in [1.807, 2.05) is 0 Å². The van der Waals surface area contributed by atoms with Crippen LogP contribution in [0.5, 0.6) is 5.88 Å². The third-order valence-electron chi connectivity index (χ3n) is 4.38. The van der Waals surface area contributed by atoms with Crippen LogP contribution in [0.15, 0.2) is 36.5 Å². The van der Waals surface area contributed by atoms with Gasteiger partial charge in [0.15, 0.2) is 11.3 Å². The maximum Gasteiger partial charge on any atom is 0.435 e. The molecule has 11 heteroatoms. The summed E-state index contributed by atoms with van der Waals surface area (Å²) >= 11 is 0. The normalized spacial score (nSPS) is 17.0. The van der Waals surface area contributed by atoms with Gasteiger partial charge in [0.1, 0.15) is 11.9 Å². The number of ether oxygens (including phenoxy) is 1. The smallest absolute Gasteiger partial charge is 0.435 e. The van der Waals surface area contributed by atoms with Crippen molar-refractivity contribution in [2.24, 2.45) is 0 Å². The molecule has 2 aromatic heterocycles. The summed E-state index contributed by atoms with van der Waals surface area (Å²) in [6.07, 6.45) is -2.44. The Morgan fingerprint density at radius 2 is 2.07 bits per heavy atom. The fourth-order valence-corrected chi connectivity index (χ4v) is 3.10. The molecule has 1 saturated heterocycles. The third-order valence-corrected chi connectivity index (χ3v) is 4.38. The molecule has 0 amide bonds. The zero-order valence-corrected chi connectivity index (χ0v) is 15.9. The van der Waals surface area contributed by atoms with Gasteiger partial charge >= 0.3 is 6.18 Å². The van der Waals surface area contributed by atoms with E-state index in [2.05, 4.69) is 20.7 Å². The topological polar surface area (TPSA) is 63.5 Å². The summed E-state index contributed by atoms with van der Waals surface area (Å²) in [5, 5.41) is 10.1. The predicted molar refractivity (Wildman–Crippen MR) is 101 cm³/mol. The first-order chi connectivity index (χ1) is 13.4. The molecule has 1 aromatic carbocycles. The van der Waals surface area contributed by atoms with Crippen LogP contribution in [0.4, 0.5) is 28.9 Å². The molecule has 0 radical (unpaired) electrons. The largest absolute Gasteiger partial charge is 0.472 e. The lowest BCUT2D eigenvalue weighted by atomic mass is 10.1. The molecule has 1 fully saturated rings. The Morgan fingerprint density at radius 3 is 2.76 bits per heavy atom. The van der Waals surface area contributed by atoms with Crippen molar-refractivity contribution in [3.05, 3.63) is 48.0 Å². The van der Waals surface area contributed by atoms with Crippen molar-refractivity contribution in [3.63, 3.8) is 0 Å². The van der Waals surface area contributed by atoms with Crippen molar-refractivity contribution in [1.29, 1.82) is 0 Å². The predicted octanol–water partition coefficient (Wildman–Crippen LogP) is 4.18. The molecule has 0 bridgehead atoms. The summed E-state index contributed by atoms with van der Waals surface area (Å²) in [5.74, 6) is -0.442. The highest BCUT2D eigenvalue weighted by atomic mass is 35.5. The van der Waals surface area contributed by atoms with Crippen molar-refractivity contribution >= 4 is 29.4 Å². The van der Waals surface area contributed by atoms with Gasteiger partial charge in [0.2, 0.25) is 5.88 Å². The van der Waals surface area contributed by atoms with E-state index in [4.69, 9.17) is 4.74 Å². The van der Waals surface area contributed by atoms with Gasteiger partial charge in [-0.25, -0.2) is 13.9 Å². The number of hydrogen-bond donors (Lipinski definition) is 2. The number of nitrogens with one attached hydrogen (secondary N) is 2. The maximum absolute atomic E-state index is 13.5. The van der Waals surface area contributed by atoms with Crippen molar-refractivity contribution in [2.45, 2.75) is 25.1 Å². The molecule has 1 aliphatic rings. The van der Waals surface area contributed by atoms with Crippen molar-refractivity contribution in [2.75, 3.05) is 18.4 Å². The molecule has 156 valence electrons. The van der Waals surface area contributed by atoms with Crippen LogP contribution >= 0.6 is 12.4 Å². The zero-order chi connectivity index (χ0) is 19.7.